The summed E-state index contributed by atoms with van der Waals surface area (Å²) < 4.78 is 5.68. The minimum atomic E-state index is 0.181. The summed E-state index contributed by atoms with van der Waals surface area (Å²) in [6.07, 6.45) is 1.93. The van der Waals surface area contributed by atoms with E-state index in [0.717, 1.165) is 26.2 Å². The molecular formula is C12H24N2O2. The van der Waals surface area contributed by atoms with Crippen LogP contribution < -0.4 is 0 Å². The highest BCUT2D eigenvalue weighted by Gasteiger charge is 2.22. The molecule has 0 aromatic carbocycles. The molecule has 4 heteroatoms. The van der Waals surface area contributed by atoms with Gasteiger partial charge < -0.3 is 9.64 Å². The smallest absolute Gasteiger partial charge is 0.222 e. The summed E-state index contributed by atoms with van der Waals surface area (Å²) in [5, 5.41) is 0. The molecule has 1 rings (SSSR count). The molecule has 1 heterocycles. The van der Waals surface area contributed by atoms with Crippen molar-refractivity contribution in [2.45, 2.75) is 32.8 Å². The first-order chi connectivity index (χ1) is 7.67. The number of hydrogen-bond donors (Lipinski definition) is 0. The molecule has 0 spiro atoms. The van der Waals surface area contributed by atoms with Gasteiger partial charge in [-0.15, -0.1) is 0 Å². The van der Waals surface area contributed by atoms with Gasteiger partial charge in [0.05, 0.1) is 12.7 Å². The van der Waals surface area contributed by atoms with E-state index in [4.69, 9.17) is 4.74 Å². The van der Waals surface area contributed by atoms with Gasteiger partial charge in [0.15, 0.2) is 0 Å². The van der Waals surface area contributed by atoms with Crippen molar-refractivity contribution in [2.24, 2.45) is 0 Å². The first-order valence-corrected chi connectivity index (χ1v) is 6.25. The summed E-state index contributed by atoms with van der Waals surface area (Å²) >= 11 is 0. The molecule has 0 radical (unpaired) electrons. The maximum absolute atomic E-state index is 11.4. The van der Waals surface area contributed by atoms with Gasteiger partial charge in [-0.3, -0.25) is 9.69 Å². The van der Waals surface area contributed by atoms with Crippen LogP contribution in [0.5, 0.6) is 0 Å². The second-order valence-corrected chi connectivity index (χ2v) is 4.42. The van der Waals surface area contributed by atoms with Crippen molar-refractivity contribution >= 4 is 5.91 Å². The van der Waals surface area contributed by atoms with Gasteiger partial charge in [-0.05, 0) is 13.0 Å². The lowest BCUT2D eigenvalue weighted by atomic mass is 10.2. The molecule has 1 atom stereocenters. The minimum Gasteiger partial charge on any atom is -0.374 e. The van der Waals surface area contributed by atoms with Crippen molar-refractivity contribution in [3.05, 3.63) is 0 Å². The monoisotopic (exact) mass is 228 g/mol. The van der Waals surface area contributed by atoms with Crippen LogP contribution in [0.4, 0.5) is 0 Å². The SMILES string of the molecule is CCCN1CCO[C@@H](CN(C)C(=O)CC)C1. The Kier molecular flexibility index (Phi) is 5.77. The molecule has 4 nitrogen and oxygen atoms in total. The van der Waals surface area contributed by atoms with E-state index >= 15 is 0 Å². The van der Waals surface area contributed by atoms with Crippen molar-refractivity contribution in [3.63, 3.8) is 0 Å². The fraction of sp³-hybridized carbons (Fsp3) is 0.917. The van der Waals surface area contributed by atoms with E-state index in [1.807, 2.05) is 14.0 Å². The van der Waals surface area contributed by atoms with E-state index in [2.05, 4.69) is 11.8 Å². The Hall–Kier alpha value is -0.610. The van der Waals surface area contributed by atoms with Crippen LogP contribution in [0, 0.1) is 0 Å². The van der Waals surface area contributed by atoms with Crippen molar-refractivity contribution in [2.75, 3.05) is 39.8 Å². The Morgan fingerprint density at radius 3 is 2.88 bits per heavy atom. The van der Waals surface area contributed by atoms with E-state index in [1.54, 1.807) is 4.90 Å². The number of likely N-dealkylation sites (N-methyl/N-ethyl adjacent to an activating group) is 1. The van der Waals surface area contributed by atoms with Crippen LogP contribution in [-0.4, -0.2) is 61.6 Å². The predicted octanol–water partition coefficient (Wildman–Crippen LogP) is 0.966. The van der Waals surface area contributed by atoms with Gasteiger partial charge in [-0.2, -0.15) is 0 Å². The average Bonchev–Trinajstić information content (AvgIpc) is 2.29. The van der Waals surface area contributed by atoms with Gasteiger partial charge in [-0.25, -0.2) is 0 Å². The van der Waals surface area contributed by atoms with Crippen LogP contribution in [0.25, 0.3) is 0 Å². The molecule has 1 saturated heterocycles. The van der Waals surface area contributed by atoms with E-state index in [-0.39, 0.29) is 12.0 Å². The van der Waals surface area contributed by atoms with Crippen molar-refractivity contribution < 1.29 is 9.53 Å². The molecule has 1 aliphatic rings. The van der Waals surface area contributed by atoms with Crippen molar-refractivity contribution in [1.29, 1.82) is 0 Å². The minimum absolute atomic E-state index is 0.181. The van der Waals surface area contributed by atoms with Crippen LogP contribution in [0.1, 0.15) is 26.7 Å². The zero-order valence-electron chi connectivity index (χ0n) is 10.7. The molecule has 94 valence electrons. The summed E-state index contributed by atoms with van der Waals surface area (Å²) in [6, 6.07) is 0. The molecule has 0 unspecified atom stereocenters. The predicted molar refractivity (Wildman–Crippen MR) is 64.4 cm³/mol. The fourth-order valence-electron chi connectivity index (χ4n) is 2.09. The molecule has 1 amide bonds. The Morgan fingerprint density at radius 2 is 2.25 bits per heavy atom. The van der Waals surface area contributed by atoms with E-state index in [0.29, 0.717) is 13.0 Å². The number of morpholine rings is 1. The number of rotatable bonds is 5. The largest absolute Gasteiger partial charge is 0.374 e. The van der Waals surface area contributed by atoms with Gasteiger partial charge in [0.25, 0.3) is 0 Å². The first-order valence-electron chi connectivity index (χ1n) is 6.25. The van der Waals surface area contributed by atoms with E-state index in [9.17, 15) is 4.79 Å². The Labute approximate surface area is 98.5 Å². The lowest BCUT2D eigenvalue weighted by Gasteiger charge is -2.34. The quantitative estimate of drug-likeness (QED) is 0.703. The molecular weight excluding hydrogens is 204 g/mol. The number of carbonyl (C=O) groups excluding carboxylic acids is 1. The Balaban J connectivity index is 2.33. The molecule has 0 aromatic rings. The summed E-state index contributed by atoms with van der Waals surface area (Å²) in [6.45, 7) is 8.70. The number of carbonyl (C=O) groups is 1. The van der Waals surface area contributed by atoms with Crippen molar-refractivity contribution in [3.8, 4) is 0 Å². The lowest BCUT2D eigenvalue weighted by Crippen LogP contribution is -2.47. The number of amides is 1. The van der Waals surface area contributed by atoms with Gasteiger partial charge >= 0.3 is 0 Å². The summed E-state index contributed by atoms with van der Waals surface area (Å²) in [5.74, 6) is 0.191. The number of nitrogens with zero attached hydrogens (tertiary/aromatic N) is 2. The number of ether oxygens (including phenoxy) is 1. The Morgan fingerprint density at radius 1 is 1.50 bits per heavy atom. The topological polar surface area (TPSA) is 32.8 Å². The highest BCUT2D eigenvalue weighted by Crippen LogP contribution is 2.07. The van der Waals surface area contributed by atoms with E-state index in [1.165, 1.54) is 6.42 Å². The van der Waals surface area contributed by atoms with Crippen LogP contribution >= 0.6 is 0 Å². The van der Waals surface area contributed by atoms with Gasteiger partial charge in [0.1, 0.15) is 0 Å². The molecule has 0 N–H and O–H groups in total. The summed E-state index contributed by atoms with van der Waals surface area (Å²) in [5.41, 5.74) is 0. The second-order valence-electron chi connectivity index (χ2n) is 4.42. The van der Waals surface area contributed by atoms with Crippen LogP contribution in [-0.2, 0) is 9.53 Å². The van der Waals surface area contributed by atoms with Crippen LogP contribution in [0.3, 0.4) is 0 Å². The molecule has 0 aliphatic carbocycles. The van der Waals surface area contributed by atoms with Gasteiger partial charge in [0.2, 0.25) is 5.91 Å². The normalized spacial score (nSPS) is 22.1. The summed E-state index contributed by atoms with van der Waals surface area (Å²) in [7, 11) is 1.86. The lowest BCUT2D eigenvalue weighted by molar-refractivity contribution is -0.132. The van der Waals surface area contributed by atoms with Crippen molar-refractivity contribution in [1.82, 2.24) is 9.80 Å². The second kappa shape index (κ2) is 6.86. The molecule has 0 saturated carbocycles. The third kappa shape index (κ3) is 4.10. The standard InChI is InChI=1S/C12H24N2O2/c1-4-6-14-7-8-16-11(10-14)9-13(3)12(15)5-2/h11H,4-10H2,1-3H3/t11-/m0/s1. The highest BCUT2D eigenvalue weighted by molar-refractivity contribution is 5.75. The number of hydrogen-bond acceptors (Lipinski definition) is 3. The molecule has 16 heavy (non-hydrogen) atoms. The zero-order valence-corrected chi connectivity index (χ0v) is 10.7. The molecule has 0 aromatic heterocycles. The molecule has 1 fully saturated rings. The molecule has 1 aliphatic heterocycles. The molecule has 0 bridgehead atoms. The first kappa shape index (κ1) is 13.5. The highest BCUT2D eigenvalue weighted by atomic mass is 16.5. The third-order valence-electron chi connectivity index (χ3n) is 2.97. The maximum atomic E-state index is 11.4. The third-order valence-corrected chi connectivity index (χ3v) is 2.97. The average molecular weight is 228 g/mol. The fourth-order valence-corrected chi connectivity index (χ4v) is 2.09. The van der Waals surface area contributed by atoms with E-state index < -0.39 is 0 Å². The Bertz CT molecular complexity index is 219. The maximum Gasteiger partial charge on any atom is 0.222 e. The van der Waals surface area contributed by atoms with Crippen LogP contribution in [0.15, 0.2) is 0 Å². The summed E-state index contributed by atoms with van der Waals surface area (Å²) in [4.78, 5) is 15.6. The zero-order chi connectivity index (χ0) is 12.0. The van der Waals surface area contributed by atoms with Gasteiger partial charge in [0, 0.05) is 33.1 Å². The van der Waals surface area contributed by atoms with Crippen LogP contribution in [0.2, 0.25) is 0 Å². The van der Waals surface area contributed by atoms with Gasteiger partial charge in [-0.1, -0.05) is 13.8 Å².